The van der Waals surface area contributed by atoms with Gasteiger partial charge in [-0.15, -0.1) is 0 Å². The zero-order chi connectivity index (χ0) is 6.27. The molecule has 0 N–H and O–H groups in total. The van der Waals surface area contributed by atoms with Crippen LogP contribution in [0.2, 0.25) is 0 Å². The Morgan fingerprint density at radius 3 is 3.10 bits per heavy atom. The van der Waals surface area contributed by atoms with Gasteiger partial charge in [-0.1, -0.05) is 17.7 Å². The molecule has 0 saturated carbocycles. The van der Waals surface area contributed by atoms with Crippen molar-refractivity contribution >= 4 is 11.8 Å². The largest absolute Gasteiger partial charge is 1.00 e. The van der Waals surface area contributed by atoms with E-state index in [1.54, 1.807) is 11.8 Å². The smallest absolute Gasteiger partial charge is 0.431 e. The second-order valence-corrected chi connectivity index (χ2v) is 3.28. The van der Waals surface area contributed by atoms with Crippen LogP contribution in [-0.2, 0) is 0 Å². The van der Waals surface area contributed by atoms with E-state index >= 15 is 0 Å². The molecule has 0 aromatic heterocycles. The zero-order valence-electron chi connectivity index (χ0n) is 6.22. The zero-order valence-corrected chi connectivity index (χ0v) is 7.03. The van der Waals surface area contributed by atoms with Crippen LogP contribution in [0.25, 0.3) is 0 Å². The Kier molecular flexibility index (Phi) is 2.52. The molecular formula is C8H7LiS. The Labute approximate surface area is 77.6 Å². The van der Waals surface area contributed by atoms with Gasteiger partial charge in [0, 0.05) is 0 Å². The molecular weight excluding hydrogens is 135 g/mol. The molecule has 0 radical (unpaired) electrons. The molecule has 10 heavy (non-hydrogen) atoms. The third-order valence-electron chi connectivity index (χ3n) is 1.57. The second-order valence-electron chi connectivity index (χ2n) is 2.37. The van der Waals surface area contributed by atoms with Crippen molar-refractivity contribution in [3.8, 4) is 0 Å². The summed E-state index contributed by atoms with van der Waals surface area (Å²) in [5, 5.41) is 3.12. The van der Waals surface area contributed by atoms with Gasteiger partial charge >= 0.3 is 18.9 Å². The summed E-state index contributed by atoms with van der Waals surface area (Å²) in [4.78, 5) is 1.44. The average molecular weight is 142 g/mol. The van der Waals surface area contributed by atoms with Crippen molar-refractivity contribution in [3.63, 3.8) is 0 Å². The first-order valence-corrected chi connectivity index (χ1v) is 3.83. The van der Waals surface area contributed by atoms with Crippen molar-refractivity contribution in [3.05, 3.63) is 34.1 Å². The molecule has 0 saturated heterocycles. The predicted molar refractivity (Wildman–Crippen MR) is 40.7 cm³/mol. The van der Waals surface area contributed by atoms with E-state index in [0.717, 1.165) is 0 Å². The predicted octanol–water partition coefficient (Wildman–Crippen LogP) is -0.486. The molecule has 0 aromatic rings. The van der Waals surface area contributed by atoms with Gasteiger partial charge in [0.05, 0.1) is 0 Å². The maximum Gasteiger partial charge on any atom is 1.00 e. The maximum absolute atomic E-state index is 3.12. The summed E-state index contributed by atoms with van der Waals surface area (Å²) < 4.78 is 0. The van der Waals surface area contributed by atoms with Crippen LogP contribution >= 0.6 is 11.8 Å². The van der Waals surface area contributed by atoms with Gasteiger partial charge in [-0.05, 0) is 17.7 Å². The quantitative estimate of drug-likeness (QED) is 0.325. The summed E-state index contributed by atoms with van der Waals surface area (Å²) in [5.41, 5.74) is 1.39. The Bertz CT molecular complexity index is 225. The molecule has 2 rings (SSSR count). The molecule has 2 heteroatoms. The van der Waals surface area contributed by atoms with Gasteiger partial charge in [0.1, 0.15) is 0 Å². The van der Waals surface area contributed by atoms with Crippen LogP contribution in [0, 0.1) is 11.3 Å². The fraction of sp³-hybridized carbons (Fsp3) is 0.250. The van der Waals surface area contributed by atoms with Crippen LogP contribution in [0.15, 0.2) is 28.7 Å². The number of hydrogen-bond donors (Lipinski definition) is 0. The summed E-state index contributed by atoms with van der Waals surface area (Å²) >= 11 is 1.72. The first-order chi connectivity index (χ1) is 4.36. The molecule has 0 aromatic carbocycles. The van der Waals surface area contributed by atoms with Crippen molar-refractivity contribution in [2.45, 2.75) is 6.92 Å². The minimum atomic E-state index is 0. The molecule has 0 nitrogen and oxygen atoms in total. The average Bonchev–Trinajstić information content (AvgIpc) is 2.22. The third kappa shape index (κ3) is 1.27. The van der Waals surface area contributed by atoms with Gasteiger partial charge in [0.25, 0.3) is 0 Å². The van der Waals surface area contributed by atoms with Gasteiger partial charge in [-0.25, -0.2) is 6.08 Å². The van der Waals surface area contributed by atoms with Crippen molar-refractivity contribution in [1.82, 2.24) is 0 Å². The molecule has 1 aliphatic heterocycles. The molecule has 0 fully saturated rings. The molecule has 2 aliphatic rings. The second kappa shape index (κ2) is 3.05. The van der Waals surface area contributed by atoms with E-state index < -0.39 is 0 Å². The normalized spacial score (nSPS) is 27.1. The Hall–Kier alpha value is 0.167. The SMILES string of the molecule is CC1=CC2C=[C-]SC2=C1.[Li+]. The third-order valence-corrected chi connectivity index (χ3v) is 2.44. The molecule has 0 amide bonds. The van der Waals surface area contributed by atoms with E-state index in [0.29, 0.717) is 5.92 Å². The van der Waals surface area contributed by atoms with Gasteiger partial charge in [0.15, 0.2) is 0 Å². The monoisotopic (exact) mass is 142 g/mol. The fourth-order valence-corrected chi connectivity index (χ4v) is 2.00. The molecule has 1 atom stereocenters. The molecule has 0 bridgehead atoms. The van der Waals surface area contributed by atoms with Crippen molar-refractivity contribution in [1.29, 1.82) is 0 Å². The summed E-state index contributed by atoms with van der Waals surface area (Å²) in [6.45, 7) is 2.14. The van der Waals surface area contributed by atoms with E-state index in [2.05, 4.69) is 30.6 Å². The number of allylic oxidation sites excluding steroid dienone is 5. The molecule has 1 aliphatic carbocycles. The van der Waals surface area contributed by atoms with Crippen molar-refractivity contribution < 1.29 is 18.9 Å². The summed E-state index contributed by atoms with van der Waals surface area (Å²) in [6.07, 6.45) is 6.61. The van der Waals surface area contributed by atoms with Gasteiger partial charge in [0.2, 0.25) is 0 Å². The van der Waals surface area contributed by atoms with Crippen molar-refractivity contribution in [2.75, 3.05) is 0 Å². The van der Waals surface area contributed by atoms with Crippen LogP contribution in [0.1, 0.15) is 6.92 Å². The topological polar surface area (TPSA) is 0 Å². The van der Waals surface area contributed by atoms with E-state index in [1.165, 1.54) is 10.5 Å². The molecule has 0 spiro atoms. The Morgan fingerprint density at radius 1 is 1.60 bits per heavy atom. The Balaban J connectivity index is 0.000000500. The first-order valence-electron chi connectivity index (χ1n) is 3.02. The van der Waals surface area contributed by atoms with Gasteiger partial charge < -0.3 is 17.2 Å². The van der Waals surface area contributed by atoms with Crippen molar-refractivity contribution in [2.24, 2.45) is 5.92 Å². The first kappa shape index (κ1) is 8.27. The minimum absolute atomic E-state index is 0. The molecule has 46 valence electrons. The fourth-order valence-electron chi connectivity index (χ4n) is 1.14. The maximum atomic E-state index is 3.12. The summed E-state index contributed by atoms with van der Waals surface area (Å²) in [7, 11) is 0. The van der Waals surface area contributed by atoms with Crippen LogP contribution in [0.4, 0.5) is 0 Å². The standard InChI is InChI=1S/C8H7S.Li/c1-6-4-7-2-3-9-8(7)5-6;/h2,4-5,7H,1H3;/q-1;+1. The van der Waals surface area contributed by atoms with Crippen LogP contribution < -0.4 is 18.9 Å². The van der Waals surface area contributed by atoms with E-state index in [-0.39, 0.29) is 18.9 Å². The number of thioether (sulfide) groups is 1. The van der Waals surface area contributed by atoms with Crippen LogP contribution in [0.5, 0.6) is 0 Å². The number of hydrogen-bond acceptors (Lipinski definition) is 1. The molecule has 1 unspecified atom stereocenters. The van der Waals surface area contributed by atoms with E-state index in [4.69, 9.17) is 0 Å². The number of fused-ring (bicyclic) bond motifs is 1. The summed E-state index contributed by atoms with van der Waals surface area (Å²) in [6, 6.07) is 0. The van der Waals surface area contributed by atoms with Crippen LogP contribution in [-0.4, -0.2) is 0 Å². The van der Waals surface area contributed by atoms with E-state index in [9.17, 15) is 0 Å². The van der Waals surface area contributed by atoms with Gasteiger partial charge in [-0.2, -0.15) is 0 Å². The van der Waals surface area contributed by atoms with Gasteiger partial charge in [-0.3, -0.25) is 0 Å². The Morgan fingerprint density at radius 2 is 2.40 bits per heavy atom. The minimum Gasteiger partial charge on any atom is -0.431 e. The summed E-state index contributed by atoms with van der Waals surface area (Å²) in [5.74, 6) is 0.579. The molecule has 1 heterocycles. The van der Waals surface area contributed by atoms with E-state index in [1.807, 2.05) is 0 Å². The number of rotatable bonds is 0. The van der Waals surface area contributed by atoms with Crippen LogP contribution in [0.3, 0.4) is 0 Å².